The molecule has 0 spiro atoms. The van der Waals surface area contributed by atoms with Crippen LogP contribution >= 0.6 is 11.6 Å². The number of aryl methyl sites for hydroxylation is 1. The van der Waals surface area contributed by atoms with Crippen LogP contribution in [0.5, 0.6) is 0 Å². The number of amides is 1. The van der Waals surface area contributed by atoms with Crippen molar-refractivity contribution in [3.8, 4) is 22.4 Å². The number of piperazine rings is 1. The van der Waals surface area contributed by atoms with E-state index in [1.54, 1.807) is 0 Å². The molecule has 5 rings (SSSR count). The van der Waals surface area contributed by atoms with Gasteiger partial charge in [-0.3, -0.25) is 9.69 Å². The average molecular weight is 515 g/mol. The fourth-order valence-electron chi connectivity index (χ4n) is 4.97. The number of imidazole rings is 1. The number of rotatable bonds is 5. The monoisotopic (exact) mass is 514 g/mol. The van der Waals surface area contributed by atoms with E-state index in [1.165, 1.54) is 5.56 Å². The van der Waals surface area contributed by atoms with Gasteiger partial charge in [0.1, 0.15) is 5.65 Å². The van der Waals surface area contributed by atoms with Gasteiger partial charge in [0.05, 0.1) is 11.4 Å². The van der Waals surface area contributed by atoms with Crippen LogP contribution in [0.15, 0.2) is 66.9 Å². The Morgan fingerprint density at radius 1 is 0.919 bits per heavy atom. The number of hydrogen-bond acceptors (Lipinski definition) is 3. The van der Waals surface area contributed by atoms with Crippen molar-refractivity contribution in [3.05, 3.63) is 83.1 Å². The Morgan fingerprint density at radius 2 is 1.59 bits per heavy atom. The Hall–Kier alpha value is -3.15. The lowest BCUT2D eigenvalue weighted by atomic mass is 9.91. The molecule has 2 aromatic heterocycles. The summed E-state index contributed by atoms with van der Waals surface area (Å²) in [4.78, 5) is 22.3. The van der Waals surface area contributed by atoms with Gasteiger partial charge in [0.25, 0.3) is 0 Å². The van der Waals surface area contributed by atoms with E-state index in [-0.39, 0.29) is 11.3 Å². The van der Waals surface area contributed by atoms with Gasteiger partial charge < -0.3 is 9.30 Å². The van der Waals surface area contributed by atoms with Crippen LogP contribution in [0.2, 0.25) is 5.02 Å². The zero-order chi connectivity index (χ0) is 26.2. The highest BCUT2D eigenvalue weighted by Gasteiger charge is 2.26. The van der Waals surface area contributed by atoms with Gasteiger partial charge in [-0.2, -0.15) is 0 Å². The summed E-state index contributed by atoms with van der Waals surface area (Å²) in [6, 6.07) is 20.7. The molecule has 192 valence electrons. The first kappa shape index (κ1) is 25.5. The minimum atomic E-state index is 0.00697. The molecule has 6 heteroatoms. The predicted molar refractivity (Wildman–Crippen MR) is 152 cm³/mol. The number of pyridine rings is 1. The van der Waals surface area contributed by atoms with E-state index in [9.17, 15) is 4.79 Å². The van der Waals surface area contributed by atoms with E-state index in [2.05, 4.69) is 85.7 Å². The standard InChI is InChI=1S/C31H35ClN4O/c1-22-9-11-23(12-10-22)30-27(21-34-15-17-35(18-16-34)29(37)19-31(2,3)4)36-20-24(13-14-28(36)33-30)25-7-5-6-8-26(25)32/h5-14,20H,15-19,21H2,1-4H3. The maximum absolute atomic E-state index is 12.8. The summed E-state index contributed by atoms with van der Waals surface area (Å²) in [5, 5.41) is 0.735. The molecule has 1 saturated heterocycles. The van der Waals surface area contributed by atoms with Crippen LogP contribution in [0.4, 0.5) is 0 Å². The summed E-state index contributed by atoms with van der Waals surface area (Å²) in [6.07, 6.45) is 2.74. The number of aromatic nitrogens is 2. The lowest BCUT2D eigenvalue weighted by Crippen LogP contribution is -2.49. The lowest BCUT2D eigenvalue weighted by molar-refractivity contribution is -0.134. The topological polar surface area (TPSA) is 40.9 Å². The minimum Gasteiger partial charge on any atom is -0.340 e. The number of nitrogens with zero attached hydrogens (tertiary/aromatic N) is 4. The van der Waals surface area contributed by atoms with E-state index in [0.29, 0.717) is 6.42 Å². The van der Waals surface area contributed by atoms with E-state index in [0.717, 1.165) is 71.5 Å². The van der Waals surface area contributed by atoms with Crippen molar-refractivity contribution >= 4 is 23.2 Å². The first-order chi connectivity index (χ1) is 17.7. The van der Waals surface area contributed by atoms with Gasteiger partial charge in [-0.05, 0) is 36.1 Å². The molecule has 1 aliphatic heterocycles. The maximum Gasteiger partial charge on any atom is 0.223 e. The molecule has 4 aromatic rings. The second-order valence-electron chi connectivity index (χ2n) is 11.3. The van der Waals surface area contributed by atoms with Crippen LogP contribution in [0.1, 0.15) is 38.4 Å². The van der Waals surface area contributed by atoms with Crippen LogP contribution in [0.3, 0.4) is 0 Å². The summed E-state index contributed by atoms with van der Waals surface area (Å²) in [7, 11) is 0. The normalized spacial score (nSPS) is 14.9. The van der Waals surface area contributed by atoms with Gasteiger partial charge in [0.15, 0.2) is 0 Å². The van der Waals surface area contributed by atoms with Crippen molar-refractivity contribution in [1.29, 1.82) is 0 Å². The molecule has 0 aliphatic carbocycles. The number of carbonyl (C=O) groups excluding carboxylic acids is 1. The van der Waals surface area contributed by atoms with Crippen LogP contribution < -0.4 is 0 Å². The van der Waals surface area contributed by atoms with Crippen molar-refractivity contribution in [2.45, 2.75) is 40.7 Å². The quantitative estimate of drug-likeness (QED) is 0.297. The van der Waals surface area contributed by atoms with Crippen molar-refractivity contribution in [1.82, 2.24) is 19.2 Å². The third kappa shape index (κ3) is 5.73. The first-order valence-corrected chi connectivity index (χ1v) is 13.4. The fraction of sp³-hybridized carbons (Fsp3) is 0.355. The Kier molecular flexibility index (Phi) is 7.11. The molecule has 0 bridgehead atoms. The van der Waals surface area contributed by atoms with E-state index in [1.807, 2.05) is 23.1 Å². The van der Waals surface area contributed by atoms with E-state index >= 15 is 0 Å². The van der Waals surface area contributed by atoms with Crippen molar-refractivity contribution in [2.24, 2.45) is 5.41 Å². The zero-order valence-corrected chi connectivity index (χ0v) is 22.9. The van der Waals surface area contributed by atoms with Gasteiger partial charge in [0, 0.05) is 61.5 Å². The van der Waals surface area contributed by atoms with Crippen LogP contribution in [0.25, 0.3) is 28.0 Å². The van der Waals surface area contributed by atoms with Gasteiger partial charge >= 0.3 is 0 Å². The number of halogens is 1. The van der Waals surface area contributed by atoms with Crippen LogP contribution in [0, 0.1) is 12.3 Å². The van der Waals surface area contributed by atoms with Gasteiger partial charge in [-0.1, -0.05) is 80.4 Å². The largest absolute Gasteiger partial charge is 0.340 e. The molecule has 0 saturated carbocycles. The summed E-state index contributed by atoms with van der Waals surface area (Å²) >= 11 is 6.54. The number of fused-ring (bicyclic) bond motifs is 1. The van der Waals surface area contributed by atoms with E-state index in [4.69, 9.17) is 16.6 Å². The van der Waals surface area contributed by atoms with Crippen molar-refractivity contribution in [2.75, 3.05) is 26.2 Å². The molecule has 0 radical (unpaired) electrons. The molecule has 1 aliphatic rings. The summed E-state index contributed by atoms with van der Waals surface area (Å²) in [5.74, 6) is 0.256. The average Bonchev–Trinajstić information content (AvgIpc) is 3.21. The Balaban J connectivity index is 1.47. The van der Waals surface area contributed by atoms with Crippen molar-refractivity contribution in [3.63, 3.8) is 0 Å². The molecule has 1 fully saturated rings. The predicted octanol–water partition coefficient (Wildman–Crippen LogP) is 6.71. The number of benzene rings is 2. The van der Waals surface area contributed by atoms with Gasteiger partial charge in [0.2, 0.25) is 5.91 Å². The molecule has 0 atom stereocenters. The third-order valence-corrected chi connectivity index (χ3v) is 7.34. The molecule has 1 amide bonds. The Labute approximate surface area is 224 Å². The lowest BCUT2D eigenvalue weighted by Gasteiger charge is -2.36. The second-order valence-corrected chi connectivity index (χ2v) is 11.7. The maximum atomic E-state index is 12.8. The fourth-order valence-corrected chi connectivity index (χ4v) is 5.22. The first-order valence-electron chi connectivity index (χ1n) is 13.0. The minimum absolute atomic E-state index is 0.00697. The Bertz CT molecular complexity index is 1410. The van der Waals surface area contributed by atoms with Gasteiger partial charge in [-0.25, -0.2) is 4.98 Å². The number of carbonyl (C=O) groups is 1. The zero-order valence-electron chi connectivity index (χ0n) is 22.2. The highest BCUT2D eigenvalue weighted by molar-refractivity contribution is 6.33. The molecule has 0 N–H and O–H groups in total. The van der Waals surface area contributed by atoms with E-state index < -0.39 is 0 Å². The molecule has 0 unspecified atom stereocenters. The molecular weight excluding hydrogens is 480 g/mol. The second kappa shape index (κ2) is 10.3. The summed E-state index contributed by atoms with van der Waals surface area (Å²) in [5.41, 5.74) is 7.49. The highest BCUT2D eigenvalue weighted by Crippen LogP contribution is 2.31. The van der Waals surface area contributed by atoms with Crippen LogP contribution in [-0.4, -0.2) is 51.3 Å². The molecule has 3 heterocycles. The molecule has 37 heavy (non-hydrogen) atoms. The van der Waals surface area contributed by atoms with Crippen LogP contribution in [-0.2, 0) is 11.3 Å². The molecule has 5 nitrogen and oxygen atoms in total. The summed E-state index contributed by atoms with van der Waals surface area (Å²) < 4.78 is 2.21. The smallest absolute Gasteiger partial charge is 0.223 e. The van der Waals surface area contributed by atoms with Crippen molar-refractivity contribution < 1.29 is 4.79 Å². The Morgan fingerprint density at radius 3 is 2.27 bits per heavy atom. The van der Waals surface area contributed by atoms with Gasteiger partial charge in [-0.15, -0.1) is 0 Å². The summed E-state index contributed by atoms with van der Waals surface area (Å²) in [6.45, 7) is 12.4. The molecule has 2 aromatic carbocycles. The highest BCUT2D eigenvalue weighted by atomic mass is 35.5. The molecular formula is C31H35ClN4O. The number of hydrogen-bond donors (Lipinski definition) is 0. The third-order valence-electron chi connectivity index (χ3n) is 7.01. The SMILES string of the molecule is Cc1ccc(-c2nc3ccc(-c4ccccc4Cl)cn3c2CN2CCN(C(=O)CC(C)(C)C)CC2)cc1.